The average Bonchev–Trinajstić information content (AvgIpc) is 3.31. The summed E-state index contributed by atoms with van der Waals surface area (Å²) in [5.41, 5.74) is 5.06. The topological polar surface area (TPSA) is 49.3 Å². The fraction of sp³-hybridized carbons (Fsp3) is 0.304. The molecular formula is C23H23N5. The van der Waals surface area contributed by atoms with Crippen molar-refractivity contribution in [1.29, 1.82) is 5.26 Å². The number of nitriles is 1. The van der Waals surface area contributed by atoms with Crippen LogP contribution in [0.25, 0.3) is 28.1 Å². The number of likely N-dealkylation sites (tertiary alicyclic amines) is 1. The standard InChI is InChI=1S/C23H23N5/c24-16-18-8-10-19(11-9-18)20-17-28-22-7-3-2-6-21(22)27(23(28)25-20)15-14-26-12-4-1-5-13-26/h2-3,6-11,17H,1,4-5,12-15H2. The van der Waals surface area contributed by atoms with Gasteiger partial charge in [-0.15, -0.1) is 0 Å². The van der Waals surface area contributed by atoms with E-state index in [4.69, 9.17) is 10.2 Å². The Balaban J connectivity index is 1.54. The van der Waals surface area contributed by atoms with Crippen molar-refractivity contribution in [2.75, 3.05) is 19.6 Å². The minimum absolute atomic E-state index is 0.670. The summed E-state index contributed by atoms with van der Waals surface area (Å²) in [6.45, 7) is 4.43. The third-order valence-corrected chi connectivity index (χ3v) is 5.76. The van der Waals surface area contributed by atoms with Gasteiger partial charge in [0.1, 0.15) is 0 Å². The van der Waals surface area contributed by atoms with Gasteiger partial charge in [0.2, 0.25) is 5.78 Å². The van der Waals surface area contributed by atoms with Crippen LogP contribution < -0.4 is 0 Å². The molecule has 140 valence electrons. The highest BCUT2D eigenvalue weighted by Gasteiger charge is 2.16. The highest BCUT2D eigenvalue weighted by molar-refractivity contribution is 5.82. The van der Waals surface area contributed by atoms with Crippen LogP contribution in [-0.4, -0.2) is 38.5 Å². The molecule has 1 fully saturated rings. The van der Waals surface area contributed by atoms with Gasteiger partial charge < -0.3 is 9.47 Å². The van der Waals surface area contributed by atoms with Crippen molar-refractivity contribution in [3.8, 4) is 17.3 Å². The van der Waals surface area contributed by atoms with Crippen molar-refractivity contribution in [3.05, 3.63) is 60.3 Å². The minimum Gasteiger partial charge on any atom is -0.308 e. The maximum atomic E-state index is 9.02. The number of hydrogen-bond acceptors (Lipinski definition) is 3. The number of piperidine rings is 1. The molecule has 1 saturated heterocycles. The Morgan fingerprint density at radius 3 is 2.39 bits per heavy atom. The molecular weight excluding hydrogens is 346 g/mol. The van der Waals surface area contributed by atoms with Crippen molar-refractivity contribution >= 4 is 16.8 Å². The predicted molar refractivity (Wildman–Crippen MR) is 111 cm³/mol. The van der Waals surface area contributed by atoms with Crippen molar-refractivity contribution in [3.63, 3.8) is 0 Å². The Hall–Kier alpha value is -3.10. The molecule has 0 unspecified atom stereocenters. The lowest BCUT2D eigenvalue weighted by Gasteiger charge is -2.26. The third-order valence-electron chi connectivity index (χ3n) is 5.76. The molecule has 0 spiro atoms. The van der Waals surface area contributed by atoms with Gasteiger partial charge in [0.05, 0.1) is 28.4 Å². The van der Waals surface area contributed by atoms with E-state index in [9.17, 15) is 0 Å². The number of benzene rings is 2. The molecule has 4 aromatic rings. The Bertz CT molecular complexity index is 1150. The second kappa shape index (κ2) is 7.14. The van der Waals surface area contributed by atoms with Crippen LogP contribution in [0.1, 0.15) is 24.8 Å². The van der Waals surface area contributed by atoms with E-state index in [0.29, 0.717) is 5.56 Å². The van der Waals surface area contributed by atoms with Crippen molar-refractivity contribution in [2.24, 2.45) is 0 Å². The first-order valence-corrected chi connectivity index (χ1v) is 10.0. The van der Waals surface area contributed by atoms with E-state index in [1.165, 1.54) is 43.4 Å². The van der Waals surface area contributed by atoms with Crippen LogP contribution in [0.3, 0.4) is 0 Å². The van der Waals surface area contributed by atoms with Crippen molar-refractivity contribution < 1.29 is 0 Å². The smallest absolute Gasteiger partial charge is 0.215 e. The monoisotopic (exact) mass is 369 g/mol. The zero-order valence-corrected chi connectivity index (χ0v) is 15.9. The molecule has 0 N–H and O–H groups in total. The molecule has 3 heterocycles. The first-order valence-electron chi connectivity index (χ1n) is 10.0. The molecule has 2 aromatic carbocycles. The summed E-state index contributed by atoms with van der Waals surface area (Å²) in [6, 6.07) is 18.3. The maximum Gasteiger partial charge on any atom is 0.215 e. The van der Waals surface area contributed by atoms with Crippen LogP contribution in [0.2, 0.25) is 0 Å². The zero-order chi connectivity index (χ0) is 18.9. The van der Waals surface area contributed by atoms with Gasteiger partial charge in [-0.25, -0.2) is 4.98 Å². The van der Waals surface area contributed by atoms with Crippen LogP contribution in [-0.2, 0) is 6.54 Å². The fourth-order valence-corrected chi connectivity index (χ4v) is 4.24. The number of nitrogens with zero attached hydrogens (tertiary/aromatic N) is 5. The molecule has 5 rings (SSSR count). The molecule has 28 heavy (non-hydrogen) atoms. The van der Waals surface area contributed by atoms with Crippen LogP contribution in [0.4, 0.5) is 0 Å². The quantitative estimate of drug-likeness (QED) is 0.538. The molecule has 1 aliphatic rings. The van der Waals surface area contributed by atoms with E-state index in [0.717, 1.165) is 30.1 Å². The van der Waals surface area contributed by atoms with Gasteiger partial charge >= 0.3 is 0 Å². The second-order valence-electron chi connectivity index (χ2n) is 7.53. The summed E-state index contributed by atoms with van der Waals surface area (Å²) in [6.07, 6.45) is 6.10. The molecule has 0 atom stereocenters. The van der Waals surface area contributed by atoms with Gasteiger partial charge in [0.15, 0.2) is 0 Å². The number of imidazole rings is 2. The minimum atomic E-state index is 0.670. The lowest BCUT2D eigenvalue weighted by molar-refractivity contribution is 0.222. The van der Waals surface area contributed by atoms with E-state index in [1.54, 1.807) is 0 Å². The van der Waals surface area contributed by atoms with Crippen molar-refractivity contribution in [1.82, 2.24) is 18.9 Å². The van der Waals surface area contributed by atoms with Gasteiger partial charge in [0, 0.05) is 24.8 Å². The van der Waals surface area contributed by atoms with Crippen LogP contribution in [0.15, 0.2) is 54.7 Å². The van der Waals surface area contributed by atoms with Gasteiger partial charge in [-0.1, -0.05) is 30.7 Å². The predicted octanol–water partition coefficient (Wildman–Crippen LogP) is 4.31. The molecule has 0 saturated carbocycles. The van der Waals surface area contributed by atoms with Crippen LogP contribution in [0, 0.1) is 11.3 Å². The molecule has 0 aliphatic carbocycles. The number of para-hydroxylation sites is 2. The molecule has 0 amide bonds. The van der Waals surface area contributed by atoms with Crippen LogP contribution in [0.5, 0.6) is 0 Å². The Morgan fingerprint density at radius 1 is 0.893 bits per heavy atom. The fourth-order valence-electron chi connectivity index (χ4n) is 4.24. The summed E-state index contributed by atoms with van der Waals surface area (Å²) in [5, 5.41) is 9.02. The lowest BCUT2D eigenvalue weighted by Crippen LogP contribution is -2.32. The largest absolute Gasteiger partial charge is 0.308 e. The van der Waals surface area contributed by atoms with Gasteiger partial charge in [0.25, 0.3) is 0 Å². The normalized spacial score (nSPS) is 15.2. The Kier molecular flexibility index (Phi) is 4.34. The average molecular weight is 369 g/mol. The number of aromatic nitrogens is 3. The number of hydrogen-bond donors (Lipinski definition) is 0. The molecule has 0 bridgehead atoms. The highest BCUT2D eigenvalue weighted by Crippen LogP contribution is 2.26. The van der Waals surface area contributed by atoms with E-state index < -0.39 is 0 Å². The Labute approximate surface area is 164 Å². The summed E-state index contributed by atoms with van der Waals surface area (Å²) in [4.78, 5) is 7.53. The SMILES string of the molecule is N#Cc1ccc(-c2cn3c4ccccc4n(CCN4CCCCC4)c3n2)cc1. The maximum absolute atomic E-state index is 9.02. The highest BCUT2D eigenvalue weighted by atomic mass is 15.2. The molecule has 2 aromatic heterocycles. The zero-order valence-electron chi connectivity index (χ0n) is 15.9. The first kappa shape index (κ1) is 17.0. The van der Waals surface area contributed by atoms with Crippen LogP contribution >= 0.6 is 0 Å². The first-order chi connectivity index (χ1) is 13.8. The summed E-state index contributed by atoms with van der Waals surface area (Å²) in [7, 11) is 0. The van der Waals surface area contributed by atoms with Crippen molar-refractivity contribution in [2.45, 2.75) is 25.8 Å². The molecule has 5 heteroatoms. The molecule has 1 aliphatic heterocycles. The summed E-state index contributed by atoms with van der Waals surface area (Å²) >= 11 is 0. The van der Waals surface area contributed by atoms with Gasteiger partial charge in [-0.2, -0.15) is 5.26 Å². The van der Waals surface area contributed by atoms with E-state index in [2.05, 4.69) is 50.4 Å². The number of rotatable bonds is 4. The lowest BCUT2D eigenvalue weighted by atomic mass is 10.1. The van der Waals surface area contributed by atoms with E-state index >= 15 is 0 Å². The van der Waals surface area contributed by atoms with E-state index in [-0.39, 0.29) is 0 Å². The Morgan fingerprint density at radius 2 is 1.64 bits per heavy atom. The molecule has 5 nitrogen and oxygen atoms in total. The summed E-state index contributed by atoms with van der Waals surface area (Å²) in [5.74, 6) is 0.984. The van der Waals surface area contributed by atoms with E-state index in [1.807, 2.05) is 24.3 Å². The number of fused-ring (bicyclic) bond motifs is 3. The van der Waals surface area contributed by atoms with Gasteiger partial charge in [-0.05, 0) is 50.2 Å². The summed E-state index contributed by atoms with van der Waals surface area (Å²) < 4.78 is 4.54. The molecule has 0 radical (unpaired) electrons. The third kappa shape index (κ3) is 2.96. The van der Waals surface area contributed by atoms with Gasteiger partial charge in [-0.3, -0.25) is 4.40 Å². The second-order valence-corrected chi connectivity index (χ2v) is 7.53.